The molecule has 1 aliphatic heterocycles. The fourth-order valence-electron chi connectivity index (χ4n) is 2.56. The lowest BCUT2D eigenvalue weighted by molar-refractivity contribution is -0.107. The maximum Gasteiger partial charge on any atom is 0.214 e. The fraction of sp³-hybridized carbons (Fsp3) is 0.500. The van der Waals surface area contributed by atoms with Crippen LogP contribution in [0.5, 0.6) is 0 Å². The molecule has 1 aliphatic rings. The number of thiol groups is 1. The molecule has 1 amide bonds. The molecule has 0 unspecified atom stereocenters. The molecule has 0 aromatic heterocycles. The molecule has 19 heavy (non-hydrogen) atoms. The smallest absolute Gasteiger partial charge is 0.214 e. The highest BCUT2D eigenvalue weighted by Crippen LogP contribution is 2.30. The molecule has 1 aromatic rings. The van der Waals surface area contributed by atoms with E-state index in [1.54, 1.807) is 4.90 Å². The number of amides is 1. The summed E-state index contributed by atoms with van der Waals surface area (Å²) in [7, 11) is 2.11. The number of nitrogens with zero attached hydrogens (tertiary/aromatic N) is 2. The van der Waals surface area contributed by atoms with Crippen molar-refractivity contribution in [3.8, 4) is 0 Å². The molecule has 0 saturated carbocycles. The van der Waals surface area contributed by atoms with Gasteiger partial charge in [-0.3, -0.25) is 4.79 Å². The molecule has 1 heterocycles. The van der Waals surface area contributed by atoms with Crippen molar-refractivity contribution in [3.63, 3.8) is 0 Å². The molecule has 4 nitrogen and oxygen atoms in total. The van der Waals surface area contributed by atoms with Crippen LogP contribution in [-0.2, 0) is 4.79 Å². The summed E-state index contributed by atoms with van der Waals surface area (Å²) in [6.07, 6.45) is 3.10. The van der Waals surface area contributed by atoms with E-state index in [4.69, 9.17) is 0 Å². The van der Waals surface area contributed by atoms with Gasteiger partial charge in [-0.15, -0.1) is 0 Å². The minimum absolute atomic E-state index is 0.389. The first-order valence-corrected chi connectivity index (χ1v) is 7.26. The molecule has 0 radical (unpaired) electrons. The third kappa shape index (κ3) is 3.22. The maximum atomic E-state index is 11.1. The summed E-state index contributed by atoms with van der Waals surface area (Å²) >= 11 is 4.22. The number of rotatable bonds is 5. The third-order valence-electron chi connectivity index (χ3n) is 3.71. The highest BCUT2D eigenvalue weighted by atomic mass is 32.1. The van der Waals surface area contributed by atoms with E-state index in [2.05, 4.69) is 36.0 Å². The molecule has 1 aromatic carbocycles. The van der Waals surface area contributed by atoms with Gasteiger partial charge < -0.3 is 15.1 Å². The zero-order valence-corrected chi connectivity index (χ0v) is 12.1. The molecule has 2 rings (SSSR count). The Bertz CT molecular complexity index is 421. The van der Waals surface area contributed by atoms with Gasteiger partial charge in [-0.2, -0.15) is 12.6 Å². The molecule has 1 N–H and O–H groups in total. The van der Waals surface area contributed by atoms with Crippen LogP contribution in [0.3, 0.4) is 0 Å². The molecular formula is C14H21N3OS. The van der Waals surface area contributed by atoms with Crippen LogP contribution in [-0.4, -0.2) is 38.5 Å². The Hall–Kier alpha value is -1.20. The first-order valence-electron chi connectivity index (χ1n) is 6.63. The first-order chi connectivity index (χ1) is 9.27. The molecule has 5 heteroatoms. The lowest BCUT2D eigenvalue weighted by Gasteiger charge is -2.35. The number of benzene rings is 1. The number of hydrogen-bond acceptors (Lipinski definition) is 4. The van der Waals surface area contributed by atoms with Gasteiger partial charge in [0.05, 0.1) is 17.3 Å². The van der Waals surface area contributed by atoms with Crippen molar-refractivity contribution >= 4 is 30.4 Å². The molecule has 1 saturated heterocycles. The molecule has 0 spiro atoms. The van der Waals surface area contributed by atoms with Crippen LogP contribution < -0.4 is 15.1 Å². The summed E-state index contributed by atoms with van der Waals surface area (Å²) < 4.78 is 0. The molecule has 0 aliphatic carbocycles. The summed E-state index contributed by atoms with van der Waals surface area (Å²) in [5.74, 6) is 0.389. The predicted octanol–water partition coefficient (Wildman–Crippen LogP) is 1.72. The summed E-state index contributed by atoms with van der Waals surface area (Å²) in [6.45, 7) is 2.11. The second kappa shape index (κ2) is 6.82. The third-order valence-corrected chi connectivity index (χ3v) is 4.01. The minimum Gasteiger partial charge on any atom is -0.370 e. The maximum absolute atomic E-state index is 11.1. The fourth-order valence-corrected chi connectivity index (χ4v) is 2.78. The van der Waals surface area contributed by atoms with Gasteiger partial charge >= 0.3 is 0 Å². The first kappa shape index (κ1) is 14.2. The zero-order valence-electron chi connectivity index (χ0n) is 11.2. The van der Waals surface area contributed by atoms with Gasteiger partial charge in [0.25, 0.3) is 0 Å². The van der Waals surface area contributed by atoms with Crippen molar-refractivity contribution in [1.29, 1.82) is 0 Å². The van der Waals surface area contributed by atoms with E-state index in [1.807, 2.05) is 18.2 Å². The Labute approximate surface area is 120 Å². The summed E-state index contributed by atoms with van der Waals surface area (Å²) in [5.41, 5.74) is 2.02. The van der Waals surface area contributed by atoms with E-state index in [-0.39, 0.29) is 0 Å². The second-order valence-electron chi connectivity index (χ2n) is 4.80. The molecular weight excluding hydrogens is 258 g/mol. The standard InChI is InChI=1S/C14H21N3OS/c1-16(12-6-8-15-9-7-12)13-4-2-3-5-14(13)17(10-18)11-19/h2-5,10,12,15,19H,6-9,11H2,1H3. The van der Waals surface area contributed by atoms with Gasteiger partial charge in [-0.05, 0) is 38.1 Å². The van der Waals surface area contributed by atoms with Crippen LogP contribution in [0.25, 0.3) is 0 Å². The van der Waals surface area contributed by atoms with Crippen molar-refractivity contribution in [2.24, 2.45) is 0 Å². The van der Waals surface area contributed by atoms with Gasteiger partial charge in [-0.1, -0.05) is 12.1 Å². The second-order valence-corrected chi connectivity index (χ2v) is 5.08. The Balaban J connectivity index is 2.25. The van der Waals surface area contributed by atoms with E-state index in [9.17, 15) is 4.79 Å². The molecule has 104 valence electrons. The van der Waals surface area contributed by atoms with Crippen LogP contribution in [0, 0.1) is 0 Å². The Morgan fingerprint density at radius 3 is 2.53 bits per heavy atom. The monoisotopic (exact) mass is 279 g/mol. The zero-order chi connectivity index (χ0) is 13.7. The van der Waals surface area contributed by atoms with E-state index >= 15 is 0 Å². The van der Waals surface area contributed by atoms with Gasteiger partial charge in [0, 0.05) is 13.1 Å². The minimum atomic E-state index is 0.389. The van der Waals surface area contributed by atoms with Gasteiger partial charge in [0.2, 0.25) is 6.41 Å². The van der Waals surface area contributed by atoms with Crippen LogP contribution in [0.4, 0.5) is 11.4 Å². The molecule has 1 fully saturated rings. The van der Waals surface area contributed by atoms with E-state index in [0.717, 1.165) is 43.7 Å². The average Bonchev–Trinajstić information content (AvgIpc) is 2.49. The predicted molar refractivity (Wildman–Crippen MR) is 83.1 cm³/mol. The van der Waals surface area contributed by atoms with E-state index in [0.29, 0.717) is 11.9 Å². The van der Waals surface area contributed by atoms with Gasteiger partial charge in [0.15, 0.2) is 0 Å². The largest absolute Gasteiger partial charge is 0.370 e. The Kier molecular flexibility index (Phi) is 5.10. The number of nitrogens with one attached hydrogen (secondary N) is 1. The van der Waals surface area contributed by atoms with Crippen molar-refractivity contribution in [1.82, 2.24) is 5.32 Å². The quantitative estimate of drug-likeness (QED) is 0.489. The van der Waals surface area contributed by atoms with Crippen molar-refractivity contribution < 1.29 is 4.79 Å². The van der Waals surface area contributed by atoms with Crippen LogP contribution in [0.15, 0.2) is 24.3 Å². The highest BCUT2D eigenvalue weighted by Gasteiger charge is 2.21. The summed E-state index contributed by atoms with van der Waals surface area (Å²) in [5, 5.41) is 3.38. The lowest BCUT2D eigenvalue weighted by atomic mass is 10.0. The topological polar surface area (TPSA) is 35.6 Å². The van der Waals surface area contributed by atoms with Gasteiger partial charge in [-0.25, -0.2) is 0 Å². The SMILES string of the molecule is CN(c1ccccc1N(C=O)CS)C1CCNCC1. The van der Waals surface area contributed by atoms with E-state index in [1.165, 1.54) is 0 Å². The summed E-state index contributed by atoms with van der Waals surface area (Å²) in [4.78, 5) is 15.0. The van der Waals surface area contributed by atoms with Crippen molar-refractivity contribution in [2.75, 3.05) is 35.8 Å². The number of anilines is 2. The van der Waals surface area contributed by atoms with Gasteiger partial charge in [0.1, 0.15) is 0 Å². The van der Waals surface area contributed by atoms with Crippen molar-refractivity contribution in [3.05, 3.63) is 24.3 Å². The highest BCUT2D eigenvalue weighted by molar-refractivity contribution is 7.80. The van der Waals surface area contributed by atoms with E-state index < -0.39 is 0 Å². The number of hydrogen-bond donors (Lipinski definition) is 2. The number of carbonyl (C=O) groups is 1. The van der Waals surface area contributed by atoms with Crippen LogP contribution in [0.1, 0.15) is 12.8 Å². The summed E-state index contributed by atoms with van der Waals surface area (Å²) in [6, 6.07) is 8.53. The molecule has 0 bridgehead atoms. The average molecular weight is 279 g/mol. The van der Waals surface area contributed by atoms with Crippen LogP contribution >= 0.6 is 12.6 Å². The van der Waals surface area contributed by atoms with Crippen LogP contribution in [0.2, 0.25) is 0 Å². The number of carbonyl (C=O) groups excluding carboxylic acids is 1. The Morgan fingerprint density at radius 2 is 1.95 bits per heavy atom. The number of para-hydroxylation sites is 2. The normalized spacial score (nSPS) is 16.1. The van der Waals surface area contributed by atoms with Crippen molar-refractivity contribution in [2.45, 2.75) is 18.9 Å². The Morgan fingerprint density at radius 1 is 1.32 bits per heavy atom. The molecule has 0 atom stereocenters. The number of piperidine rings is 1. The lowest BCUT2D eigenvalue weighted by Crippen LogP contribution is -2.41.